The van der Waals surface area contributed by atoms with Crippen LogP contribution in [0.2, 0.25) is 0 Å². The molecule has 18 heavy (non-hydrogen) atoms. The topological polar surface area (TPSA) is 70.2 Å². The van der Waals surface area contributed by atoms with E-state index in [1.165, 1.54) is 0 Å². The summed E-state index contributed by atoms with van der Waals surface area (Å²) in [5, 5.41) is 7.96. The Bertz CT molecular complexity index is 460. The molecule has 1 aliphatic carbocycles. The van der Waals surface area contributed by atoms with E-state index in [0.29, 0.717) is 5.69 Å². The molecule has 0 unspecified atom stereocenters. The van der Waals surface area contributed by atoms with Gasteiger partial charge in [-0.2, -0.15) is 0 Å². The summed E-state index contributed by atoms with van der Waals surface area (Å²) in [7, 11) is 0. The number of hydrogen-bond acceptors (Lipinski definition) is 2. The molecule has 1 aromatic carbocycles. The van der Waals surface area contributed by atoms with Crippen molar-refractivity contribution in [2.75, 3.05) is 11.9 Å². The first-order valence-electron chi connectivity index (χ1n) is 5.73. The van der Waals surface area contributed by atoms with Gasteiger partial charge < -0.3 is 16.0 Å². The Morgan fingerprint density at radius 3 is 2.78 bits per heavy atom. The van der Waals surface area contributed by atoms with Gasteiger partial charge in [-0.25, -0.2) is 4.79 Å². The molecule has 2 rings (SSSR count). The van der Waals surface area contributed by atoms with Gasteiger partial charge in [0, 0.05) is 16.2 Å². The summed E-state index contributed by atoms with van der Waals surface area (Å²) >= 11 is 3.32. The number of amides is 3. The van der Waals surface area contributed by atoms with Crippen LogP contribution in [0.4, 0.5) is 10.5 Å². The van der Waals surface area contributed by atoms with Gasteiger partial charge >= 0.3 is 6.03 Å². The van der Waals surface area contributed by atoms with Gasteiger partial charge in [-0.1, -0.05) is 22.0 Å². The quantitative estimate of drug-likeness (QED) is 0.794. The molecule has 96 valence electrons. The minimum atomic E-state index is -0.290. The minimum Gasteiger partial charge on any atom is -0.335 e. The van der Waals surface area contributed by atoms with Gasteiger partial charge in [0.05, 0.1) is 6.54 Å². The Labute approximate surface area is 113 Å². The monoisotopic (exact) mass is 311 g/mol. The van der Waals surface area contributed by atoms with Crippen LogP contribution in [0.3, 0.4) is 0 Å². The zero-order valence-electron chi connectivity index (χ0n) is 9.70. The maximum absolute atomic E-state index is 11.6. The summed E-state index contributed by atoms with van der Waals surface area (Å²) in [5.41, 5.74) is 0.693. The zero-order chi connectivity index (χ0) is 13.0. The fourth-order valence-electron chi connectivity index (χ4n) is 1.40. The Hall–Kier alpha value is -1.56. The van der Waals surface area contributed by atoms with Crippen LogP contribution in [-0.4, -0.2) is 24.5 Å². The fourth-order valence-corrected chi connectivity index (χ4v) is 1.80. The van der Waals surface area contributed by atoms with Gasteiger partial charge in [0.25, 0.3) is 0 Å². The summed E-state index contributed by atoms with van der Waals surface area (Å²) in [5.74, 6) is -0.251. The third-order valence-corrected chi connectivity index (χ3v) is 2.92. The molecule has 0 heterocycles. The van der Waals surface area contributed by atoms with E-state index in [0.717, 1.165) is 17.3 Å². The van der Waals surface area contributed by atoms with Crippen LogP contribution < -0.4 is 16.0 Å². The molecule has 0 radical (unpaired) electrons. The number of benzene rings is 1. The first-order valence-corrected chi connectivity index (χ1v) is 6.52. The third-order valence-electron chi connectivity index (χ3n) is 2.43. The van der Waals surface area contributed by atoms with Gasteiger partial charge in [0.1, 0.15) is 0 Å². The smallest absolute Gasteiger partial charge is 0.315 e. The molecule has 0 bridgehead atoms. The number of anilines is 1. The molecule has 6 heteroatoms. The van der Waals surface area contributed by atoms with Crippen molar-refractivity contribution in [2.24, 2.45) is 0 Å². The van der Waals surface area contributed by atoms with Crippen LogP contribution in [-0.2, 0) is 4.79 Å². The molecular weight excluding hydrogens is 298 g/mol. The molecule has 0 saturated heterocycles. The maximum Gasteiger partial charge on any atom is 0.315 e. The highest BCUT2D eigenvalue weighted by molar-refractivity contribution is 9.10. The lowest BCUT2D eigenvalue weighted by molar-refractivity contribution is -0.115. The highest BCUT2D eigenvalue weighted by Crippen LogP contribution is 2.18. The number of carbonyl (C=O) groups excluding carboxylic acids is 2. The Kier molecular flexibility index (Phi) is 4.19. The minimum absolute atomic E-state index is 0.0366. The third kappa shape index (κ3) is 4.37. The van der Waals surface area contributed by atoms with Gasteiger partial charge in [0.2, 0.25) is 5.91 Å². The van der Waals surface area contributed by atoms with E-state index in [1.54, 1.807) is 12.1 Å². The highest BCUT2D eigenvalue weighted by atomic mass is 79.9. The molecular formula is C12H14BrN3O2. The van der Waals surface area contributed by atoms with Gasteiger partial charge in [-0.15, -0.1) is 0 Å². The maximum atomic E-state index is 11.6. The largest absolute Gasteiger partial charge is 0.335 e. The van der Waals surface area contributed by atoms with Crippen molar-refractivity contribution in [1.82, 2.24) is 10.6 Å². The highest BCUT2D eigenvalue weighted by Gasteiger charge is 2.23. The molecule has 3 N–H and O–H groups in total. The molecule has 5 nitrogen and oxygen atoms in total. The van der Waals surface area contributed by atoms with Crippen molar-refractivity contribution in [1.29, 1.82) is 0 Å². The molecule has 0 aliphatic heterocycles. The Morgan fingerprint density at radius 2 is 2.11 bits per heavy atom. The predicted molar refractivity (Wildman–Crippen MR) is 72.3 cm³/mol. The molecule has 0 atom stereocenters. The van der Waals surface area contributed by atoms with Crippen LogP contribution in [0.15, 0.2) is 28.7 Å². The van der Waals surface area contributed by atoms with Crippen molar-refractivity contribution in [3.8, 4) is 0 Å². The van der Waals surface area contributed by atoms with E-state index >= 15 is 0 Å². The molecule has 1 fully saturated rings. The lowest BCUT2D eigenvalue weighted by Gasteiger charge is -2.07. The number of nitrogens with one attached hydrogen (secondary N) is 3. The number of halogens is 1. The lowest BCUT2D eigenvalue weighted by Crippen LogP contribution is -2.40. The Morgan fingerprint density at radius 1 is 1.33 bits per heavy atom. The second-order valence-electron chi connectivity index (χ2n) is 4.16. The van der Waals surface area contributed by atoms with Crippen molar-refractivity contribution in [3.63, 3.8) is 0 Å². The summed E-state index contributed by atoms with van der Waals surface area (Å²) in [4.78, 5) is 22.9. The Balaban J connectivity index is 1.72. The summed E-state index contributed by atoms with van der Waals surface area (Å²) < 4.78 is 0.889. The van der Waals surface area contributed by atoms with E-state index in [9.17, 15) is 9.59 Å². The van der Waals surface area contributed by atoms with E-state index < -0.39 is 0 Å². The molecule has 0 aromatic heterocycles. The summed E-state index contributed by atoms with van der Waals surface area (Å²) in [6.45, 7) is -0.0366. The average molecular weight is 312 g/mol. The van der Waals surface area contributed by atoms with E-state index in [4.69, 9.17) is 0 Å². The van der Waals surface area contributed by atoms with E-state index in [2.05, 4.69) is 31.9 Å². The van der Waals surface area contributed by atoms with Crippen LogP contribution in [0.1, 0.15) is 12.8 Å². The van der Waals surface area contributed by atoms with Crippen LogP contribution in [0.25, 0.3) is 0 Å². The number of hydrogen-bond donors (Lipinski definition) is 3. The molecule has 1 aliphatic rings. The number of urea groups is 1. The first-order chi connectivity index (χ1) is 8.63. The van der Waals surface area contributed by atoms with Crippen LogP contribution in [0.5, 0.6) is 0 Å². The van der Waals surface area contributed by atoms with Crippen LogP contribution >= 0.6 is 15.9 Å². The van der Waals surface area contributed by atoms with Crippen molar-refractivity contribution in [2.45, 2.75) is 18.9 Å². The molecule has 1 aromatic rings. The molecule has 0 spiro atoms. The average Bonchev–Trinajstić information content (AvgIpc) is 3.10. The predicted octanol–water partition coefficient (Wildman–Crippen LogP) is 1.85. The summed E-state index contributed by atoms with van der Waals surface area (Å²) in [6.07, 6.45) is 2.05. The van der Waals surface area contributed by atoms with E-state index in [1.807, 2.05) is 12.1 Å². The van der Waals surface area contributed by atoms with E-state index in [-0.39, 0.29) is 24.5 Å². The molecule has 3 amide bonds. The molecule has 1 saturated carbocycles. The van der Waals surface area contributed by atoms with Crippen molar-refractivity contribution in [3.05, 3.63) is 28.7 Å². The first kappa shape index (κ1) is 12.9. The van der Waals surface area contributed by atoms with Gasteiger partial charge in [-0.05, 0) is 31.0 Å². The van der Waals surface area contributed by atoms with Gasteiger partial charge in [-0.3, -0.25) is 4.79 Å². The number of carbonyl (C=O) groups is 2. The zero-order valence-corrected chi connectivity index (χ0v) is 11.3. The summed E-state index contributed by atoms with van der Waals surface area (Å²) in [6, 6.07) is 7.28. The van der Waals surface area contributed by atoms with Crippen LogP contribution in [0, 0.1) is 0 Å². The second-order valence-corrected chi connectivity index (χ2v) is 5.08. The second kappa shape index (κ2) is 5.86. The van der Waals surface area contributed by atoms with Gasteiger partial charge in [0.15, 0.2) is 0 Å². The van der Waals surface area contributed by atoms with Crippen molar-refractivity contribution >= 4 is 33.6 Å². The lowest BCUT2D eigenvalue weighted by atomic mass is 10.3. The standard InChI is InChI=1S/C12H14BrN3O2/c13-8-2-1-3-10(6-8)15-11(17)7-14-12(18)16-9-4-5-9/h1-3,6,9H,4-5,7H2,(H,15,17)(H2,14,16,18). The number of rotatable bonds is 4. The SMILES string of the molecule is O=C(CNC(=O)NC1CC1)Nc1cccc(Br)c1. The normalized spacial score (nSPS) is 13.8. The van der Waals surface area contributed by atoms with Crippen molar-refractivity contribution < 1.29 is 9.59 Å². The fraction of sp³-hybridized carbons (Fsp3) is 0.333.